The monoisotopic (exact) mass is 606 g/mol. The molecule has 1 aliphatic carbocycles. The van der Waals surface area contributed by atoms with Crippen LogP contribution in [-0.4, -0.2) is 57.8 Å². The van der Waals surface area contributed by atoms with Crippen LogP contribution in [0, 0.1) is 0 Å². The van der Waals surface area contributed by atoms with Crippen LogP contribution in [0.5, 0.6) is 11.5 Å². The van der Waals surface area contributed by atoms with Crippen LogP contribution in [0.25, 0.3) is 11.1 Å². The predicted molar refractivity (Wildman–Crippen MR) is 170 cm³/mol. The number of aliphatic carboxylic acids is 2. The molecule has 0 aliphatic heterocycles. The van der Waals surface area contributed by atoms with Gasteiger partial charge in [-0.05, 0) is 70.5 Å². The summed E-state index contributed by atoms with van der Waals surface area (Å²) < 4.78 is 11.6. The van der Waals surface area contributed by atoms with Crippen LogP contribution in [0.1, 0.15) is 35.1 Å². The van der Waals surface area contributed by atoms with Crippen LogP contribution in [-0.2, 0) is 15.0 Å². The van der Waals surface area contributed by atoms with Crippen LogP contribution in [0.3, 0.4) is 0 Å². The number of rotatable bonds is 14. The molecule has 4 N–H and O–H groups in total. The summed E-state index contributed by atoms with van der Waals surface area (Å²) in [5.74, 6) is -0.969. The maximum Gasteiger partial charge on any atom is 0.327 e. The molecule has 0 heterocycles. The quantitative estimate of drug-likeness (QED) is 0.120. The van der Waals surface area contributed by atoms with E-state index in [-0.39, 0.29) is 26.1 Å². The van der Waals surface area contributed by atoms with Gasteiger partial charge in [-0.15, -0.1) is 0 Å². The van der Waals surface area contributed by atoms with Gasteiger partial charge in [-0.3, -0.25) is 0 Å². The van der Waals surface area contributed by atoms with E-state index in [1.807, 2.05) is 72.8 Å². The molecule has 230 valence electrons. The Morgan fingerprint density at radius 2 is 0.978 bits per heavy atom. The third-order valence-electron chi connectivity index (χ3n) is 7.75. The highest BCUT2D eigenvalue weighted by Gasteiger charge is 2.45. The molecule has 0 unspecified atom stereocenters. The second-order valence-corrected chi connectivity index (χ2v) is 10.8. The first-order chi connectivity index (χ1) is 21.8. The highest BCUT2D eigenvalue weighted by atomic mass is 16.5. The Balaban J connectivity index is 1.44. The van der Waals surface area contributed by atoms with E-state index >= 15 is 0 Å². The predicted octanol–water partition coefficient (Wildman–Crippen LogP) is 5.59. The smallest absolute Gasteiger partial charge is 0.327 e. The van der Waals surface area contributed by atoms with Crippen LogP contribution in [0.4, 0.5) is 0 Å². The van der Waals surface area contributed by atoms with Crippen molar-refractivity contribution in [2.45, 2.75) is 30.5 Å². The van der Waals surface area contributed by atoms with Gasteiger partial charge in [0.2, 0.25) is 0 Å². The van der Waals surface area contributed by atoms with Gasteiger partial charge in [0, 0.05) is 12.2 Å². The molecule has 5 rings (SSSR count). The molecule has 0 saturated carbocycles. The Kier molecular flexibility index (Phi) is 9.77. The van der Waals surface area contributed by atoms with Crippen molar-refractivity contribution in [3.8, 4) is 22.6 Å². The summed E-state index contributed by atoms with van der Waals surface area (Å²) in [5.41, 5.74) is 5.95. The van der Waals surface area contributed by atoms with Gasteiger partial charge in [-0.2, -0.15) is 0 Å². The van der Waals surface area contributed by atoms with Gasteiger partial charge < -0.3 is 29.9 Å². The van der Waals surface area contributed by atoms with E-state index in [4.69, 9.17) is 19.7 Å². The highest BCUT2D eigenvalue weighted by Crippen LogP contribution is 2.56. The zero-order valence-electron chi connectivity index (χ0n) is 24.5. The van der Waals surface area contributed by atoms with Crippen LogP contribution < -0.4 is 9.47 Å². The summed E-state index contributed by atoms with van der Waals surface area (Å²) in [5, 5.41) is 37.9. The number of carboxylic acid groups (broad SMARTS) is 2. The summed E-state index contributed by atoms with van der Waals surface area (Å²) in [6.45, 7) is 0.0399. The SMILES string of the molecule is O=C(O)/C=C\C[C@@H](O)COc1ccc(C2(c3ccc(OC[C@H](O)C/C=C/C(=O)O)cc3)c3ccccc3-c3ccccc32)cc1. The first-order valence-electron chi connectivity index (χ1n) is 14.6. The Hall–Kier alpha value is -5.18. The molecule has 0 amide bonds. The van der Waals surface area contributed by atoms with Crippen molar-refractivity contribution >= 4 is 11.9 Å². The molecule has 1 aliphatic rings. The number of carbonyl (C=O) groups is 2. The Bertz CT molecular complexity index is 1560. The van der Waals surface area contributed by atoms with Crippen molar-refractivity contribution in [1.82, 2.24) is 0 Å². The van der Waals surface area contributed by atoms with Crippen molar-refractivity contribution < 1.29 is 39.5 Å². The molecule has 8 nitrogen and oxygen atoms in total. The highest BCUT2D eigenvalue weighted by molar-refractivity contribution is 5.86. The van der Waals surface area contributed by atoms with Crippen LogP contribution in [0.15, 0.2) is 121 Å². The van der Waals surface area contributed by atoms with Crippen molar-refractivity contribution in [3.63, 3.8) is 0 Å². The number of hydrogen-bond donors (Lipinski definition) is 4. The fourth-order valence-corrected chi connectivity index (χ4v) is 5.80. The summed E-state index contributed by atoms with van der Waals surface area (Å²) in [6, 6.07) is 32.3. The van der Waals surface area contributed by atoms with Gasteiger partial charge in [-0.25, -0.2) is 9.59 Å². The molecule has 0 fully saturated rings. The third-order valence-corrected chi connectivity index (χ3v) is 7.75. The van der Waals surface area contributed by atoms with Gasteiger partial charge in [0.1, 0.15) is 24.7 Å². The van der Waals surface area contributed by atoms with E-state index in [1.54, 1.807) is 0 Å². The minimum absolute atomic E-state index is 0.0200. The van der Waals surface area contributed by atoms with E-state index < -0.39 is 29.6 Å². The number of hydrogen-bond acceptors (Lipinski definition) is 6. The molecular weight excluding hydrogens is 572 g/mol. The number of benzene rings is 4. The van der Waals surface area contributed by atoms with Gasteiger partial charge in [-0.1, -0.05) is 84.9 Å². The van der Waals surface area contributed by atoms with Crippen molar-refractivity contribution in [2.24, 2.45) is 0 Å². The second-order valence-electron chi connectivity index (χ2n) is 10.8. The third kappa shape index (κ3) is 6.98. The first kappa shape index (κ1) is 31.3. The molecule has 2 atom stereocenters. The topological polar surface area (TPSA) is 134 Å². The standard InChI is InChI=1S/C37H34O8/c38-27(7-5-13-35(40)41)23-44-29-19-15-25(16-20-29)37(33-11-3-1-9-31(33)32-10-2-4-12-34(32)37)26-17-21-30(22-18-26)45-24-28(39)8-6-14-36(42)43/h1-6,9-22,27-28,38-39H,7-8,23-24H2,(H,40,41)(H,42,43)/b13-5-,14-6+/t27-,28-/m1/s1. The lowest BCUT2D eigenvalue weighted by Crippen LogP contribution is -2.28. The fraction of sp³-hybridized carbons (Fsp3) is 0.189. The molecule has 4 aromatic rings. The molecule has 45 heavy (non-hydrogen) atoms. The minimum atomic E-state index is -1.06. The van der Waals surface area contributed by atoms with E-state index in [1.165, 1.54) is 12.2 Å². The lowest BCUT2D eigenvalue weighted by atomic mass is 9.68. The average molecular weight is 607 g/mol. The van der Waals surface area contributed by atoms with Gasteiger partial charge in [0.05, 0.1) is 17.6 Å². The summed E-state index contributed by atoms with van der Waals surface area (Å²) >= 11 is 0. The zero-order valence-corrected chi connectivity index (χ0v) is 24.5. The van der Waals surface area contributed by atoms with Crippen molar-refractivity contribution in [2.75, 3.05) is 13.2 Å². The van der Waals surface area contributed by atoms with Gasteiger partial charge >= 0.3 is 11.9 Å². The Morgan fingerprint density at radius 1 is 0.600 bits per heavy atom. The number of aliphatic hydroxyl groups excluding tert-OH is 2. The molecule has 4 aromatic carbocycles. The van der Waals surface area contributed by atoms with Gasteiger partial charge in [0.25, 0.3) is 0 Å². The van der Waals surface area contributed by atoms with E-state index in [0.717, 1.165) is 45.5 Å². The number of aliphatic hydroxyl groups is 2. The molecule has 0 bridgehead atoms. The molecule has 0 spiro atoms. The van der Waals surface area contributed by atoms with E-state index in [9.17, 15) is 19.8 Å². The molecule has 8 heteroatoms. The lowest BCUT2D eigenvalue weighted by molar-refractivity contribution is -0.132. The van der Waals surface area contributed by atoms with Crippen LogP contribution in [0.2, 0.25) is 0 Å². The molecule has 0 saturated heterocycles. The number of ether oxygens (including phenoxy) is 2. The molecular formula is C37H34O8. The van der Waals surface area contributed by atoms with Gasteiger partial charge in [0.15, 0.2) is 0 Å². The number of carboxylic acids is 2. The van der Waals surface area contributed by atoms with Crippen LogP contribution >= 0.6 is 0 Å². The molecule has 0 radical (unpaired) electrons. The Morgan fingerprint density at radius 3 is 1.36 bits per heavy atom. The fourth-order valence-electron chi connectivity index (χ4n) is 5.80. The summed E-state index contributed by atoms with van der Waals surface area (Å²) in [4.78, 5) is 21.3. The maximum absolute atomic E-state index is 10.7. The minimum Gasteiger partial charge on any atom is -0.491 e. The van der Waals surface area contributed by atoms with E-state index in [0.29, 0.717) is 11.5 Å². The molecule has 0 aromatic heterocycles. The zero-order chi connectivity index (χ0) is 31.8. The first-order valence-corrected chi connectivity index (χ1v) is 14.6. The summed E-state index contributed by atoms with van der Waals surface area (Å²) in [7, 11) is 0. The van der Waals surface area contributed by atoms with Crippen molar-refractivity contribution in [3.05, 3.63) is 144 Å². The second kappa shape index (κ2) is 14.1. The Labute approximate surface area is 261 Å². The maximum atomic E-state index is 10.7. The van der Waals surface area contributed by atoms with Crippen molar-refractivity contribution in [1.29, 1.82) is 0 Å². The summed E-state index contributed by atoms with van der Waals surface area (Å²) in [6.07, 6.45) is 3.45. The number of fused-ring (bicyclic) bond motifs is 3. The van der Waals surface area contributed by atoms with E-state index in [2.05, 4.69) is 24.3 Å². The largest absolute Gasteiger partial charge is 0.491 e. The lowest BCUT2D eigenvalue weighted by Gasteiger charge is -2.34. The average Bonchev–Trinajstić information content (AvgIpc) is 3.34. The normalized spacial score (nSPS) is 14.5.